The molecule has 0 aromatic heterocycles. The van der Waals surface area contributed by atoms with Crippen LogP contribution in [-0.4, -0.2) is 10.9 Å². The summed E-state index contributed by atoms with van der Waals surface area (Å²) < 4.78 is 1.06. The molecule has 1 atom stereocenters. The molecule has 4 heteroatoms. The monoisotopic (exact) mass is 342 g/mol. The minimum Gasteiger partial charge on any atom is -0.388 e. The molecule has 94 valence electrons. The van der Waals surface area contributed by atoms with E-state index in [2.05, 4.69) is 15.9 Å². The third-order valence-electron chi connectivity index (χ3n) is 2.45. The molecule has 0 radical (unpaired) electrons. The fraction of sp³-hybridized carbons (Fsp3) is 0.143. The number of benzene rings is 2. The lowest BCUT2D eigenvalue weighted by atomic mass is 10.1. The number of rotatable bonds is 4. The molecule has 0 saturated heterocycles. The van der Waals surface area contributed by atoms with Crippen molar-refractivity contribution in [3.05, 3.63) is 63.6 Å². The molecule has 2 aromatic rings. The molecular formula is C14H12BrClOS. The number of aliphatic hydroxyl groups is 1. The first-order valence-electron chi connectivity index (χ1n) is 5.47. The summed E-state index contributed by atoms with van der Waals surface area (Å²) in [6.45, 7) is 0. The summed E-state index contributed by atoms with van der Waals surface area (Å²) in [5.41, 5.74) is 0.854. The molecule has 1 unspecified atom stereocenters. The molecule has 0 amide bonds. The Morgan fingerprint density at radius 1 is 1.17 bits per heavy atom. The van der Waals surface area contributed by atoms with Crippen LogP contribution in [0.1, 0.15) is 11.7 Å². The number of hydrogen-bond acceptors (Lipinski definition) is 2. The highest BCUT2D eigenvalue weighted by atomic mass is 79.9. The molecule has 1 N–H and O–H groups in total. The van der Waals surface area contributed by atoms with E-state index in [0.29, 0.717) is 10.8 Å². The Kier molecular flexibility index (Phi) is 5.13. The summed E-state index contributed by atoms with van der Waals surface area (Å²) >= 11 is 10.9. The van der Waals surface area contributed by atoms with E-state index in [1.807, 2.05) is 36.4 Å². The minimum absolute atomic E-state index is 0.502. The summed E-state index contributed by atoms with van der Waals surface area (Å²) in [6, 6.07) is 15.4. The molecule has 0 spiro atoms. The largest absolute Gasteiger partial charge is 0.388 e. The van der Waals surface area contributed by atoms with Gasteiger partial charge in [0, 0.05) is 20.1 Å². The summed E-state index contributed by atoms with van der Waals surface area (Å²) in [6.07, 6.45) is -0.502. The molecule has 0 saturated carbocycles. The van der Waals surface area contributed by atoms with Crippen molar-refractivity contribution in [2.75, 3.05) is 5.75 Å². The standard InChI is InChI=1S/C14H12BrClOS/c15-11-4-6-13(7-5-11)18-9-14(17)10-2-1-3-12(16)8-10/h1-8,14,17H,9H2. The van der Waals surface area contributed by atoms with Crippen molar-refractivity contribution in [3.63, 3.8) is 0 Å². The lowest BCUT2D eigenvalue weighted by Gasteiger charge is -2.11. The quantitative estimate of drug-likeness (QED) is 0.794. The van der Waals surface area contributed by atoms with Crippen LogP contribution in [0.3, 0.4) is 0 Å². The maximum Gasteiger partial charge on any atom is 0.0884 e. The first kappa shape index (κ1) is 13.9. The Bertz CT molecular complexity index is 515. The van der Waals surface area contributed by atoms with E-state index in [1.165, 1.54) is 0 Å². The van der Waals surface area contributed by atoms with E-state index in [-0.39, 0.29) is 0 Å². The first-order chi connectivity index (χ1) is 8.65. The van der Waals surface area contributed by atoms with Crippen LogP contribution in [-0.2, 0) is 0 Å². The van der Waals surface area contributed by atoms with Gasteiger partial charge in [0.15, 0.2) is 0 Å². The van der Waals surface area contributed by atoms with Crippen molar-refractivity contribution in [2.24, 2.45) is 0 Å². The lowest BCUT2D eigenvalue weighted by Crippen LogP contribution is -2.00. The fourth-order valence-electron chi connectivity index (χ4n) is 1.52. The Morgan fingerprint density at radius 3 is 2.56 bits per heavy atom. The Hall–Kier alpha value is -0.480. The molecule has 0 aliphatic carbocycles. The Balaban J connectivity index is 1.96. The molecule has 0 aliphatic heterocycles. The highest BCUT2D eigenvalue weighted by Crippen LogP contribution is 2.26. The molecular weight excluding hydrogens is 332 g/mol. The number of aliphatic hydroxyl groups excluding tert-OH is 1. The van der Waals surface area contributed by atoms with Gasteiger partial charge >= 0.3 is 0 Å². The van der Waals surface area contributed by atoms with Gasteiger partial charge in [0.1, 0.15) is 0 Å². The molecule has 2 aromatic carbocycles. The van der Waals surface area contributed by atoms with Gasteiger partial charge in [-0.2, -0.15) is 0 Å². The van der Waals surface area contributed by atoms with Crippen LogP contribution in [0.5, 0.6) is 0 Å². The van der Waals surface area contributed by atoms with Gasteiger partial charge in [0.2, 0.25) is 0 Å². The summed E-state index contributed by atoms with van der Waals surface area (Å²) in [4.78, 5) is 1.14. The number of hydrogen-bond donors (Lipinski definition) is 1. The smallest absolute Gasteiger partial charge is 0.0884 e. The maximum atomic E-state index is 10.1. The maximum absolute atomic E-state index is 10.1. The van der Waals surface area contributed by atoms with Crippen LogP contribution in [0.2, 0.25) is 5.02 Å². The average Bonchev–Trinajstić information content (AvgIpc) is 2.38. The molecule has 0 heterocycles. The van der Waals surface area contributed by atoms with Gasteiger partial charge in [-0.1, -0.05) is 39.7 Å². The van der Waals surface area contributed by atoms with Crippen molar-refractivity contribution in [3.8, 4) is 0 Å². The fourth-order valence-corrected chi connectivity index (χ4v) is 2.85. The van der Waals surface area contributed by atoms with E-state index in [1.54, 1.807) is 23.9 Å². The summed E-state index contributed by atoms with van der Waals surface area (Å²) in [7, 11) is 0. The van der Waals surface area contributed by atoms with Crippen molar-refractivity contribution in [1.29, 1.82) is 0 Å². The molecule has 1 nitrogen and oxygen atoms in total. The third-order valence-corrected chi connectivity index (χ3v) is 4.31. The van der Waals surface area contributed by atoms with Crippen molar-refractivity contribution < 1.29 is 5.11 Å². The van der Waals surface area contributed by atoms with E-state index in [9.17, 15) is 5.11 Å². The second kappa shape index (κ2) is 6.62. The number of thioether (sulfide) groups is 1. The van der Waals surface area contributed by atoms with Gasteiger partial charge in [0.25, 0.3) is 0 Å². The van der Waals surface area contributed by atoms with Gasteiger partial charge in [-0.25, -0.2) is 0 Å². The van der Waals surface area contributed by atoms with Crippen LogP contribution in [0, 0.1) is 0 Å². The van der Waals surface area contributed by atoms with Gasteiger partial charge in [-0.05, 0) is 42.0 Å². The minimum atomic E-state index is -0.502. The zero-order chi connectivity index (χ0) is 13.0. The molecule has 2 rings (SSSR count). The second-order valence-corrected chi connectivity index (χ2v) is 6.28. The normalized spacial score (nSPS) is 12.4. The van der Waals surface area contributed by atoms with Crippen molar-refractivity contribution in [1.82, 2.24) is 0 Å². The van der Waals surface area contributed by atoms with E-state index < -0.39 is 6.10 Å². The van der Waals surface area contributed by atoms with Crippen molar-refractivity contribution in [2.45, 2.75) is 11.0 Å². The Morgan fingerprint density at radius 2 is 1.89 bits per heavy atom. The second-order valence-electron chi connectivity index (χ2n) is 3.84. The molecule has 0 aliphatic rings. The number of halogens is 2. The van der Waals surface area contributed by atoms with Gasteiger partial charge in [-0.3, -0.25) is 0 Å². The third kappa shape index (κ3) is 4.02. The topological polar surface area (TPSA) is 20.2 Å². The predicted molar refractivity (Wildman–Crippen MR) is 81.3 cm³/mol. The Labute approximate surface area is 124 Å². The van der Waals surface area contributed by atoms with Crippen LogP contribution in [0.25, 0.3) is 0 Å². The first-order valence-corrected chi connectivity index (χ1v) is 7.63. The van der Waals surface area contributed by atoms with Crippen LogP contribution >= 0.6 is 39.3 Å². The highest BCUT2D eigenvalue weighted by molar-refractivity contribution is 9.10. The predicted octanol–water partition coefficient (Wildman–Crippen LogP) is 4.93. The molecule has 0 fully saturated rings. The average molecular weight is 344 g/mol. The van der Waals surface area contributed by atoms with Crippen LogP contribution < -0.4 is 0 Å². The van der Waals surface area contributed by atoms with Gasteiger partial charge in [0.05, 0.1) is 6.10 Å². The SMILES string of the molecule is OC(CSc1ccc(Br)cc1)c1cccc(Cl)c1. The van der Waals surface area contributed by atoms with E-state index in [4.69, 9.17) is 11.6 Å². The van der Waals surface area contributed by atoms with E-state index in [0.717, 1.165) is 14.9 Å². The van der Waals surface area contributed by atoms with Crippen LogP contribution in [0.15, 0.2) is 57.9 Å². The zero-order valence-electron chi connectivity index (χ0n) is 9.51. The van der Waals surface area contributed by atoms with E-state index >= 15 is 0 Å². The van der Waals surface area contributed by atoms with Gasteiger partial charge < -0.3 is 5.11 Å². The summed E-state index contributed by atoms with van der Waals surface area (Å²) in [5, 5.41) is 10.7. The summed E-state index contributed by atoms with van der Waals surface area (Å²) in [5.74, 6) is 0.613. The van der Waals surface area contributed by atoms with Crippen LogP contribution in [0.4, 0.5) is 0 Å². The molecule has 0 bridgehead atoms. The highest BCUT2D eigenvalue weighted by Gasteiger charge is 2.08. The van der Waals surface area contributed by atoms with Crippen molar-refractivity contribution >= 4 is 39.3 Å². The zero-order valence-corrected chi connectivity index (χ0v) is 12.7. The molecule has 18 heavy (non-hydrogen) atoms. The van der Waals surface area contributed by atoms with Gasteiger partial charge in [-0.15, -0.1) is 11.8 Å². The lowest BCUT2D eigenvalue weighted by molar-refractivity contribution is 0.204.